The number of thiophene rings is 1. The van der Waals surface area contributed by atoms with Crippen LogP contribution in [0.3, 0.4) is 0 Å². The van der Waals surface area contributed by atoms with E-state index in [2.05, 4.69) is 61.1 Å². The smallest absolute Gasteiger partial charge is 0.329 e. The molecule has 3 amide bonds. The molecule has 9 rings (SSSR count). The van der Waals surface area contributed by atoms with Gasteiger partial charge in [-0.1, -0.05) is 6.07 Å². The monoisotopic (exact) mass is 743 g/mol. The maximum atomic E-state index is 13.1. The van der Waals surface area contributed by atoms with Crippen molar-refractivity contribution in [3.63, 3.8) is 0 Å². The van der Waals surface area contributed by atoms with Crippen LogP contribution >= 0.6 is 11.3 Å². The Morgan fingerprint density at radius 1 is 0.944 bits per heavy atom. The van der Waals surface area contributed by atoms with Gasteiger partial charge in [-0.25, -0.2) is 9.78 Å². The first kappa shape index (κ1) is 34.2. The quantitative estimate of drug-likeness (QED) is 0.202. The van der Waals surface area contributed by atoms with Gasteiger partial charge in [-0.3, -0.25) is 38.7 Å². The van der Waals surface area contributed by atoms with Crippen molar-refractivity contribution in [2.75, 3.05) is 49.5 Å². The van der Waals surface area contributed by atoms with Gasteiger partial charge in [0.25, 0.3) is 5.91 Å². The number of imidazole rings is 1. The number of carbonyl (C=O) groups is 3. The zero-order valence-electron chi connectivity index (χ0n) is 30.2. The summed E-state index contributed by atoms with van der Waals surface area (Å²) in [5, 5.41) is 11.0. The number of carbonyl (C=O) groups excluding carboxylic acids is 3. The van der Waals surface area contributed by atoms with E-state index in [0.717, 1.165) is 105 Å². The Bertz CT molecular complexity index is 2550. The molecule has 3 aliphatic heterocycles. The molecular weight excluding hydrogens is 703 g/mol. The highest BCUT2D eigenvalue weighted by molar-refractivity contribution is 7.21. The molecule has 14 heteroatoms. The Kier molecular flexibility index (Phi) is 8.65. The van der Waals surface area contributed by atoms with Gasteiger partial charge in [0.1, 0.15) is 10.9 Å². The van der Waals surface area contributed by atoms with Gasteiger partial charge in [0.05, 0.1) is 39.8 Å². The van der Waals surface area contributed by atoms with Crippen molar-refractivity contribution >= 4 is 72.5 Å². The number of amides is 3. The van der Waals surface area contributed by atoms with Crippen molar-refractivity contribution in [1.82, 2.24) is 34.6 Å². The van der Waals surface area contributed by atoms with Crippen molar-refractivity contribution in [1.29, 1.82) is 0 Å². The maximum absolute atomic E-state index is 13.1. The van der Waals surface area contributed by atoms with Crippen molar-refractivity contribution in [2.45, 2.75) is 44.7 Å². The Morgan fingerprint density at radius 2 is 1.80 bits per heavy atom. The molecule has 0 bridgehead atoms. The molecule has 0 saturated carbocycles. The van der Waals surface area contributed by atoms with Crippen LogP contribution in [0.15, 0.2) is 65.7 Å². The second kappa shape index (κ2) is 13.7. The van der Waals surface area contributed by atoms with Crippen molar-refractivity contribution < 1.29 is 14.4 Å². The number of piperidine rings is 1. The predicted molar refractivity (Wildman–Crippen MR) is 211 cm³/mol. The van der Waals surface area contributed by atoms with Crippen molar-refractivity contribution in [2.24, 2.45) is 7.05 Å². The fourth-order valence-electron chi connectivity index (χ4n) is 8.16. The van der Waals surface area contributed by atoms with E-state index in [0.29, 0.717) is 18.5 Å². The molecular formula is C40H41N9O4S. The minimum Gasteiger partial charge on any atom is -0.381 e. The maximum Gasteiger partial charge on any atom is 0.329 e. The third-order valence-corrected chi connectivity index (χ3v) is 12.2. The van der Waals surface area contributed by atoms with Crippen molar-refractivity contribution in [3.05, 3.63) is 81.8 Å². The topological polar surface area (TPSA) is 146 Å². The first-order valence-corrected chi connectivity index (χ1v) is 19.4. The highest BCUT2D eigenvalue weighted by atomic mass is 32.1. The van der Waals surface area contributed by atoms with Gasteiger partial charge in [-0.15, -0.1) is 11.3 Å². The summed E-state index contributed by atoms with van der Waals surface area (Å²) in [6.45, 7) is 7.36. The number of nitrogens with one attached hydrogen (secondary N) is 3. The zero-order valence-corrected chi connectivity index (χ0v) is 31.0. The standard InChI is InChI=1S/C40H41N9O4S/c1-23-20-42-36-35-27-6-7-28(44-29(27)8-11-33(35)54-37(36)39(52)43-23)25-19-26(22-41-21-25)48-16-14-47(15-17-48)13-3-4-24-5-9-30-32(18-24)46(2)40(53)49(30)31-10-12-34(50)45-38(31)51/h5-9,11,18-19,21-23,31,42H,3-4,10,12-17,20H2,1-2H3,(H,43,52)(H,45,50,51)/t23-,31?/m1/s1. The van der Waals surface area contributed by atoms with Crippen LogP contribution in [-0.4, -0.2) is 87.0 Å². The van der Waals surface area contributed by atoms with E-state index in [1.54, 1.807) is 11.6 Å². The molecule has 13 nitrogen and oxygen atoms in total. The number of fused-ring (bicyclic) bond motifs is 6. The molecule has 54 heavy (non-hydrogen) atoms. The fraction of sp³-hybridized carbons (Fsp3) is 0.350. The lowest BCUT2D eigenvalue weighted by molar-refractivity contribution is -0.135. The number of hydrogen-bond acceptors (Lipinski definition) is 10. The van der Waals surface area contributed by atoms with Crippen LogP contribution in [0.5, 0.6) is 0 Å². The highest BCUT2D eigenvalue weighted by Gasteiger charge is 2.31. The summed E-state index contributed by atoms with van der Waals surface area (Å²) >= 11 is 1.52. The fourth-order valence-corrected chi connectivity index (χ4v) is 9.26. The first-order valence-electron chi connectivity index (χ1n) is 18.6. The SMILES string of the molecule is C[C@@H]1CNc2c(sc3ccc4nc(-c5cncc(N6CCN(CCCc7ccc8c(c7)n(C)c(=O)n8C7CCC(=O)NC7=O)CC6)c5)ccc4c23)C(=O)N1. The van der Waals surface area contributed by atoms with E-state index >= 15 is 0 Å². The van der Waals surface area contributed by atoms with Crippen LogP contribution in [0, 0.1) is 0 Å². The van der Waals surface area contributed by atoms with Crippen LogP contribution in [-0.2, 0) is 23.1 Å². The molecule has 3 N–H and O–H groups in total. The number of piperazine rings is 1. The van der Waals surface area contributed by atoms with Gasteiger partial charge in [0.15, 0.2) is 0 Å². The Morgan fingerprint density at radius 3 is 2.63 bits per heavy atom. The molecule has 2 atom stereocenters. The summed E-state index contributed by atoms with van der Waals surface area (Å²) in [6.07, 6.45) is 6.21. The van der Waals surface area contributed by atoms with Crippen LogP contribution in [0.1, 0.15) is 47.5 Å². The lowest BCUT2D eigenvalue weighted by Gasteiger charge is -2.36. The summed E-state index contributed by atoms with van der Waals surface area (Å²) in [6, 6.07) is 15.8. The summed E-state index contributed by atoms with van der Waals surface area (Å²) in [5.41, 5.74) is 7.10. The number of rotatable bonds is 7. The minimum atomic E-state index is -0.681. The second-order valence-electron chi connectivity index (χ2n) is 14.6. The van der Waals surface area contributed by atoms with Crippen molar-refractivity contribution in [3.8, 4) is 11.3 Å². The number of aryl methyl sites for hydroxylation is 2. The van der Waals surface area contributed by atoms with Crippen LogP contribution in [0.25, 0.3) is 43.3 Å². The second-order valence-corrected chi connectivity index (χ2v) is 15.7. The highest BCUT2D eigenvalue weighted by Crippen LogP contribution is 2.41. The summed E-state index contributed by atoms with van der Waals surface area (Å²) < 4.78 is 4.19. The summed E-state index contributed by atoms with van der Waals surface area (Å²) in [4.78, 5) is 65.5. The number of nitrogens with zero attached hydrogens (tertiary/aromatic N) is 6. The Hall–Kier alpha value is -5.60. The molecule has 0 spiro atoms. The van der Waals surface area contributed by atoms with E-state index in [4.69, 9.17) is 4.98 Å². The van der Waals surface area contributed by atoms with Gasteiger partial charge in [0, 0.05) is 79.5 Å². The molecule has 0 aliphatic carbocycles. The van der Waals surface area contributed by atoms with Gasteiger partial charge in [-0.05, 0) is 80.8 Å². The molecule has 3 aliphatic rings. The number of benzene rings is 2. The number of aromatic nitrogens is 4. The minimum absolute atomic E-state index is 0.0317. The van der Waals surface area contributed by atoms with Gasteiger partial charge < -0.3 is 15.5 Å². The third-order valence-electron chi connectivity index (χ3n) is 11.1. The van der Waals surface area contributed by atoms with E-state index in [1.165, 1.54) is 15.9 Å². The average molecular weight is 744 g/mol. The van der Waals surface area contributed by atoms with E-state index in [1.807, 2.05) is 37.5 Å². The number of anilines is 2. The van der Waals surface area contributed by atoms with Crippen LogP contribution in [0.2, 0.25) is 0 Å². The summed E-state index contributed by atoms with van der Waals surface area (Å²) in [5.74, 6) is -0.748. The van der Waals surface area contributed by atoms with Gasteiger partial charge >= 0.3 is 5.69 Å². The molecule has 2 aromatic carbocycles. The van der Waals surface area contributed by atoms with Crippen LogP contribution < -0.4 is 26.5 Å². The van der Waals surface area contributed by atoms with Crippen LogP contribution in [0.4, 0.5) is 11.4 Å². The van der Waals surface area contributed by atoms with E-state index < -0.39 is 11.9 Å². The molecule has 1 unspecified atom stereocenters. The number of pyridine rings is 2. The van der Waals surface area contributed by atoms with E-state index in [-0.39, 0.29) is 30.0 Å². The predicted octanol–water partition coefficient (Wildman–Crippen LogP) is 4.44. The molecule has 4 aromatic heterocycles. The zero-order chi connectivity index (χ0) is 37.1. The third kappa shape index (κ3) is 6.08. The molecule has 7 heterocycles. The van der Waals surface area contributed by atoms with E-state index in [9.17, 15) is 19.2 Å². The normalized spacial score (nSPS) is 19.5. The summed E-state index contributed by atoms with van der Waals surface area (Å²) in [7, 11) is 1.73. The number of imide groups is 1. The van der Waals surface area contributed by atoms with Gasteiger partial charge in [-0.2, -0.15) is 0 Å². The number of hydrogen-bond donors (Lipinski definition) is 3. The Balaban J connectivity index is 0.837. The molecule has 276 valence electrons. The Labute approximate surface area is 315 Å². The molecule has 6 aromatic rings. The molecule has 2 fully saturated rings. The first-order chi connectivity index (χ1) is 26.2. The lowest BCUT2D eigenvalue weighted by atomic mass is 10.0. The molecule has 2 saturated heterocycles. The van der Waals surface area contributed by atoms with Gasteiger partial charge in [0.2, 0.25) is 11.8 Å². The lowest BCUT2D eigenvalue weighted by Crippen LogP contribution is -2.46. The molecule has 0 radical (unpaired) electrons. The average Bonchev–Trinajstić information content (AvgIpc) is 3.63. The largest absolute Gasteiger partial charge is 0.381 e.